The second kappa shape index (κ2) is 18.0. The molecule has 0 aromatic heterocycles. The van der Waals surface area contributed by atoms with Crippen molar-refractivity contribution in [2.24, 2.45) is 0 Å². The van der Waals surface area contributed by atoms with Crippen molar-refractivity contribution in [2.45, 2.75) is 68.0 Å². The molecule has 1 fully saturated rings. The minimum absolute atomic E-state index is 0.0916. The Balaban J connectivity index is 1.33. The highest BCUT2D eigenvalue weighted by atomic mass is 32.2. The number of ether oxygens (including phenoxy) is 4. The van der Waals surface area contributed by atoms with Crippen LogP contribution in [0.25, 0.3) is 0 Å². The van der Waals surface area contributed by atoms with Crippen molar-refractivity contribution in [2.75, 3.05) is 6.61 Å². The van der Waals surface area contributed by atoms with Gasteiger partial charge in [-0.05, 0) is 41.3 Å². The Kier molecular flexibility index (Phi) is 12.7. The first-order valence-electron chi connectivity index (χ1n) is 16.9. The Morgan fingerprint density at radius 3 is 1.80 bits per heavy atom. The lowest BCUT2D eigenvalue weighted by atomic mass is 9.96. The van der Waals surface area contributed by atoms with Crippen LogP contribution in [0.4, 0.5) is 4.79 Å². The van der Waals surface area contributed by atoms with Gasteiger partial charge in [0, 0.05) is 11.4 Å². The summed E-state index contributed by atoms with van der Waals surface area (Å²) < 4.78 is 25.5. The first-order valence-corrected chi connectivity index (χ1v) is 17.8. The van der Waals surface area contributed by atoms with Gasteiger partial charge >= 0.3 is 6.09 Å². The number of hydrogen-bond donors (Lipinski definition) is 1. The number of aliphatic hydroxyl groups is 1. The molecule has 6 rings (SSSR count). The number of amides is 1. The van der Waals surface area contributed by atoms with Crippen LogP contribution in [0.2, 0.25) is 0 Å². The third kappa shape index (κ3) is 9.84. The van der Waals surface area contributed by atoms with E-state index >= 15 is 0 Å². The van der Waals surface area contributed by atoms with Crippen LogP contribution in [-0.2, 0) is 45.3 Å². The molecular weight excluding hydrogens is 647 g/mol. The van der Waals surface area contributed by atoms with E-state index in [0.717, 1.165) is 32.7 Å². The Morgan fingerprint density at radius 1 is 0.700 bits per heavy atom. The van der Waals surface area contributed by atoms with Crippen molar-refractivity contribution in [3.05, 3.63) is 173 Å². The number of nitrogens with zero attached hydrogens (tertiary/aromatic N) is 1. The smallest absolute Gasteiger partial charge is 0.410 e. The molecule has 0 aliphatic carbocycles. The molecular formula is C42H43NO6S. The minimum atomic E-state index is -1.14. The first kappa shape index (κ1) is 35.4. The maximum absolute atomic E-state index is 14.2. The number of carbonyl (C=O) groups is 1. The Hall–Kier alpha value is -4.44. The molecule has 0 bridgehead atoms. The van der Waals surface area contributed by atoms with E-state index in [4.69, 9.17) is 18.9 Å². The zero-order valence-corrected chi connectivity index (χ0v) is 28.9. The SMILES string of the molecule is Cc1ccc(S[C@@H]2O[C@H](COCc3ccccc3)[C@@H](OCc3ccccc3)[C@H](O)[C@H]2N(Cc2ccccc2)C(=O)OCc2ccccc2)cc1. The van der Waals surface area contributed by atoms with Crippen molar-refractivity contribution >= 4 is 17.9 Å². The van der Waals surface area contributed by atoms with Crippen LogP contribution < -0.4 is 0 Å². The zero-order chi connectivity index (χ0) is 34.5. The van der Waals surface area contributed by atoms with E-state index in [0.29, 0.717) is 6.61 Å². The second-order valence-electron chi connectivity index (χ2n) is 12.4. The molecule has 7 nitrogen and oxygen atoms in total. The predicted molar refractivity (Wildman–Crippen MR) is 195 cm³/mol. The molecule has 0 radical (unpaired) electrons. The van der Waals surface area contributed by atoms with Gasteiger partial charge in [-0.3, -0.25) is 4.90 Å². The lowest BCUT2D eigenvalue weighted by Gasteiger charge is -2.48. The Labute approximate surface area is 298 Å². The molecule has 50 heavy (non-hydrogen) atoms. The zero-order valence-electron chi connectivity index (χ0n) is 28.1. The number of benzene rings is 5. The van der Waals surface area contributed by atoms with Gasteiger partial charge in [0.1, 0.15) is 30.4 Å². The third-order valence-corrected chi connectivity index (χ3v) is 9.75. The molecule has 1 aliphatic rings. The maximum atomic E-state index is 14.2. The summed E-state index contributed by atoms with van der Waals surface area (Å²) in [6, 6.07) is 46.3. The van der Waals surface area contributed by atoms with E-state index in [1.54, 1.807) is 4.90 Å². The summed E-state index contributed by atoms with van der Waals surface area (Å²) in [7, 11) is 0. The van der Waals surface area contributed by atoms with Gasteiger partial charge in [0.25, 0.3) is 0 Å². The van der Waals surface area contributed by atoms with Crippen molar-refractivity contribution in [3.8, 4) is 0 Å². The normalized spacial score (nSPS) is 20.2. The number of aryl methyl sites for hydroxylation is 1. The van der Waals surface area contributed by atoms with Gasteiger partial charge in [-0.15, -0.1) is 0 Å². The monoisotopic (exact) mass is 689 g/mol. The number of thioether (sulfide) groups is 1. The van der Waals surface area contributed by atoms with Crippen molar-refractivity contribution in [3.63, 3.8) is 0 Å². The summed E-state index contributed by atoms with van der Waals surface area (Å²) in [5.41, 5.74) is 4.20. The summed E-state index contributed by atoms with van der Waals surface area (Å²) in [5, 5.41) is 12.4. The molecule has 1 saturated heterocycles. The van der Waals surface area contributed by atoms with E-state index < -0.39 is 35.9 Å². The van der Waals surface area contributed by atoms with E-state index in [2.05, 4.69) is 0 Å². The Morgan fingerprint density at radius 2 is 1.22 bits per heavy atom. The van der Waals surface area contributed by atoms with Crippen LogP contribution in [0, 0.1) is 6.92 Å². The van der Waals surface area contributed by atoms with Crippen molar-refractivity contribution in [1.29, 1.82) is 0 Å². The molecule has 8 heteroatoms. The quantitative estimate of drug-likeness (QED) is 0.126. The van der Waals surface area contributed by atoms with Crippen molar-refractivity contribution in [1.82, 2.24) is 4.90 Å². The molecule has 0 unspecified atom stereocenters. The molecule has 5 aromatic carbocycles. The van der Waals surface area contributed by atoms with E-state index in [-0.39, 0.29) is 26.4 Å². The fraction of sp³-hybridized carbons (Fsp3) is 0.262. The van der Waals surface area contributed by atoms with Gasteiger partial charge in [0.2, 0.25) is 0 Å². The van der Waals surface area contributed by atoms with Crippen LogP contribution in [-0.4, -0.2) is 52.5 Å². The van der Waals surface area contributed by atoms with Gasteiger partial charge in [-0.1, -0.05) is 151 Å². The average Bonchev–Trinajstić information content (AvgIpc) is 3.15. The van der Waals surface area contributed by atoms with Gasteiger partial charge in [0.15, 0.2) is 0 Å². The van der Waals surface area contributed by atoms with Gasteiger partial charge < -0.3 is 24.1 Å². The number of aliphatic hydroxyl groups excluding tert-OH is 1. The fourth-order valence-electron chi connectivity index (χ4n) is 5.93. The minimum Gasteiger partial charge on any atom is -0.445 e. The molecule has 5 atom stereocenters. The van der Waals surface area contributed by atoms with Gasteiger partial charge in [-0.25, -0.2) is 4.79 Å². The van der Waals surface area contributed by atoms with Crippen LogP contribution in [0.15, 0.2) is 150 Å². The highest BCUT2D eigenvalue weighted by molar-refractivity contribution is 7.99. The summed E-state index contributed by atoms with van der Waals surface area (Å²) in [4.78, 5) is 16.7. The molecule has 258 valence electrons. The third-order valence-electron chi connectivity index (χ3n) is 8.59. The fourth-order valence-corrected chi connectivity index (χ4v) is 7.14. The van der Waals surface area contributed by atoms with E-state index in [1.807, 2.05) is 153 Å². The molecule has 1 amide bonds. The maximum Gasteiger partial charge on any atom is 0.410 e. The second-order valence-corrected chi connectivity index (χ2v) is 13.5. The largest absolute Gasteiger partial charge is 0.445 e. The van der Waals surface area contributed by atoms with Crippen LogP contribution in [0.3, 0.4) is 0 Å². The number of hydrogen-bond acceptors (Lipinski definition) is 7. The first-order chi connectivity index (χ1) is 24.5. The number of rotatable bonds is 14. The number of carbonyl (C=O) groups excluding carboxylic acids is 1. The topological polar surface area (TPSA) is 77.5 Å². The molecule has 0 spiro atoms. The summed E-state index contributed by atoms with van der Waals surface area (Å²) >= 11 is 1.46. The van der Waals surface area contributed by atoms with Gasteiger partial charge in [0.05, 0.1) is 25.9 Å². The average molecular weight is 690 g/mol. The molecule has 1 N–H and O–H groups in total. The summed E-state index contributed by atoms with van der Waals surface area (Å²) in [5.74, 6) is 0. The summed E-state index contributed by atoms with van der Waals surface area (Å²) in [6.45, 7) is 3.14. The molecule has 1 aliphatic heterocycles. The van der Waals surface area contributed by atoms with E-state index in [1.165, 1.54) is 11.8 Å². The standard InChI is InChI=1S/C42H43NO6S/c1-31-22-24-36(25-23-31)50-41-38(43(26-32-14-6-2-7-15-32)42(45)48-29-35-20-12-5-13-21-35)39(44)40(47-28-34-18-10-4-11-19-34)37(49-41)30-46-27-33-16-8-3-9-17-33/h2-25,37-41,44H,26-30H2,1H3/t37-,38-,39-,40-,41+/m1/s1. The molecule has 0 saturated carbocycles. The lowest BCUT2D eigenvalue weighted by Crippen LogP contribution is -2.64. The highest BCUT2D eigenvalue weighted by Gasteiger charge is 2.50. The van der Waals surface area contributed by atoms with E-state index in [9.17, 15) is 9.90 Å². The molecule has 1 heterocycles. The van der Waals surface area contributed by atoms with Gasteiger partial charge in [-0.2, -0.15) is 0 Å². The Bertz CT molecular complexity index is 1730. The predicted octanol–water partition coefficient (Wildman–Crippen LogP) is 8.18. The lowest BCUT2D eigenvalue weighted by molar-refractivity contribution is -0.214. The van der Waals surface area contributed by atoms with Crippen LogP contribution in [0.1, 0.15) is 27.8 Å². The molecule has 5 aromatic rings. The van der Waals surface area contributed by atoms with Crippen LogP contribution in [0.5, 0.6) is 0 Å². The van der Waals surface area contributed by atoms with Crippen LogP contribution >= 0.6 is 11.8 Å². The highest BCUT2D eigenvalue weighted by Crippen LogP contribution is 2.38. The summed E-state index contributed by atoms with van der Waals surface area (Å²) in [6.07, 6.45) is -3.14. The van der Waals surface area contributed by atoms with Crippen molar-refractivity contribution < 1.29 is 28.8 Å².